The Morgan fingerprint density at radius 3 is 2.08 bits per heavy atom. The SMILES string of the molecule is C=CCOC(=O)C(=Cc1cccc2ccccc12)C(=O)OCC=C. The molecule has 0 spiro atoms. The van der Waals surface area contributed by atoms with Crippen LogP contribution in [0.5, 0.6) is 0 Å². The van der Waals surface area contributed by atoms with Crippen LogP contribution >= 0.6 is 0 Å². The molecule has 0 radical (unpaired) electrons. The van der Waals surface area contributed by atoms with Crippen molar-refractivity contribution in [3.8, 4) is 0 Å². The lowest BCUT2D eigenvalue weighted by Crippen LogP contribution is -2.18. The van der Waals surface area contributed by atoms with Crippen LogP contribution < -0.4 is 0 Å². The zero-order valence-corrected chi connectivity index (χ0v) is 13.2. The van der Waals surface area contributed by atoms with E-state index in [0.29, 0.717) is 0 Å². The zero-order valence-electron chi connectivity index (χ0n) is 13.2. The Balaban J connectivity index is 2.45. The molecule has 4 heteroatoms. The molecule has 122 valence electrons. The van der Waals surface area contributed by atoms with Crippen LogP contribution in [0, 0.1) is 0 Å². The lowest BCUT2D eigenvalue weighted by molar-refractivity contribution is -0.145. The minimum absolute atomic E-state index is 0.0143. The summed E-state index contributed by atoms with van der Waals surface area (Å²) in [5.74, 6) is -1.51. The van der Waals surface area contributed by atoms with Gasteiger partial charge in [-0.1, -0.05) is 67.8 Å². The highest BCUT2D eigenvalue weighted by atomic mass is 16.6. The molecule has 4 nitrogen and oxygen atoms in total. The van der Waals surface area contributed by atoms with Crippen molar-refractivity contribution in [1.29, 1.82) is 0 Å². The monoisotopic (exact) mass is 322 g/mol. The van der Waals surface area contributed by atoms with Crippen LogP contribution in [0.1, 0.15) is 5.56 Å². The molecule has 2 aromatic rings. The summed E-state index contributed by atoms with van der Waals surface area (Å²) in [7, 11) is 0. The van der Waals surface area contributed by atoms with Gasteiger partial charge >= 0.3 is 11.9 Å². The number of ether oxygens (including phenoxy) is 2. The van der Waals surface area contributed by atoms with Crippen LogP contribution in [-0.2, 0) is 19.1 Å². The maximum absolute atomic E-state index is 12.2. The first-order valence-corrected chi connectivity index (χ1v) is 7.43. The highest BCUT2D eigenvalue weighted by Crippen LogP contribution is 2.21. The van der Waals surface area contributed by atoms with E-state index in [9.17, 15) is 9.59 Å². The van der Waals surface area contributed by atoms with Crippen molar-refractivity contribution >= 4 is 28.8 Å². The van der Waals surface area contributed by atoms with Crippen molar-refractivity contribution in [2.45, 2.75) is 0 Å². The number of hydrogen-bond donors (Lipinski definition) is 0. The number of carbonyl (C=O) groups is 2. The highest BCUT2D eigenvalue weighted by molar-refractivity contribution is 6.18. The molecule has 0 aromatic heterocycles. The molecule has 0 atom stereocenters. The number of benzene rings is 2. The third kappa shape index (κ3) is 4.20. The number of hydrogen-bond acceptors (Lipinski definition) is 4. The second-order valence-electron chi connectivity index (χ2n) is 4.90. The minimum atomic E-state index is -0.753. The molecule has 0 fully saturated rings. The quantitative estimate of drug-likeness (QED) is 0.256. The van der Waals surface area contributed by atoms with Gasteiger partial charge in [-0.25, -0.2) is 9.59 Å². The van der Waals surface area contributed by atoms with Crippen LogP contribution in [0.4, 0.5) is 0 Å². The van der Waals surface area contributed by atoms with Crippen molar-refractivity contribution < 1.29 is 19.1 Å². The van der Waals surface area contributed by atoms with Crippen molar-refractivity contribution in [3.63, 3.8) is 0 Å². The Labute approximate surface area is 140 Å². The van der Waals surface area contributed by atoms with Crippen molar-refractivity contribution in [1.82, 2.24) is 0 Å². The molecule has 24 heavy (non-hydrogen) atoms. The summed E-state index contributed by atoms with van der Waals surface area (Å²) in [5, 5.41) is 1.93. The van der Waals surface area contributed by atoms with E-state index in [4.69, 9.17) is 9.47 Å². The van der Waals surface area contributed by atoms with E-state index in [2.05, 4.69) is 13.2 Å². The second-order valence-corrected chi connectivity index (χ2v) is 4.90. The second kappa shape index (κ2) is 8.48. The fraction of sp³-hybridized carbons (Fsp3) is 0.100. The van der Waals surface area contributed by atoms with Crippen LogP contribution in [0.25, 0.3) is 16.8 Å². The summed E-state index contributed by atoms with van der Waals surface area (Å²) >= 11 is 0. The summed E-state index contributed by atoms with van der Waals surface area (Å²) in [6.45, 7) is 7.00. The number of fused-ring (bicyclic) bond motifs is 1. The van der Waals surface area contributed by atoms with E-state index >= 15 is 0 Å². The Bertz CT molecular complexity index is 771. The number of esters is 2. The molecule has 0 aliphatic rings. The third-order valence-corrected chi connectivity index (χ3v) is 3.23. The lowest BCUT2D eigenvalue weighted by Gasteiger charge is -2.08. The molecule has 0 aliphatic carbocycles. The lowest BCUT2D eigenvalue weighted by atomic mass is 10.0. The van der Waals surface area contributed by atoms with Gasteiger partial charge < -0.3 is 9.47 Å². The van der Waals surface area contributed by atoms with E-state index in [0.717, 1.165) is 16.3 Å². The molecule has 2 aromatic carbocycles. The van der Waals surface area contributed by atoms with Gasteiger partial charge in [0.2, 0.25) is 0 Å². The van der Waals surface area contributed by atoms with E-state index in [-0.39, 0.29) is 18.8 Å². The summed E-state index contributed by atoms with van der Waals surface area (Å²) in [6, 6.07) is 13.3. The Hall–Kier alpha value is -3.14. The van der Waals surface area contributed by atoms with Crippen LogP contribution in [0.2, 0.25) is 0 Å². The highest BCUT2D eigenvalue weighted by Gasteiger charge is 2.21. The van der Waals surface area contributed by atoms with E-state index in [1.807, 2.05) is 42.5 Å². The largest absolute Gasteiger partial charge is 0.458 e. The molecule has 0 saturated carbocycles. The molecule has 0 bridgehead atoms. The molecule has 0 unspecified atom stereocenters. The Morgan fingerprint density at radius 2 is 1.46 bits per heavy atom. The first-order chi connectivity index (χ1) is 11.7. The molecular formula is C20H18O4. The molecule has 0 N–H and O–H groups in total. The predicted octanol–water partition coefficient (Wildman–Crippen LogP) is 3.68. The summed E-state index contributed by atoms with van der Waals surface area (Å²) in [4.78, 5) is 24.4. The van der Waals surface area contributed by atoms with Gasteiger partial charge in [-0.2, -0.15) is 0 Å². The van der Waals surface area contributed by atoms with Crippen molar-refractivity contribution in [3.05, 3.63) is 78.9 Å². The summed E-state index contributed by atoms with van der Waals surface area (Å²) < 4.78 is 9.97. The van der Waals surface area contributed by atoms with Gasteiger partial charge in [0.1, 0.15) is 18.8 Å². The first kappa shape index (κ1) is 17.2. The smallest absolute Gasteiger partial charge is 0.345 e. The first-order valence-electron chi connectivity index (χ1n) is 7.43. The molecule has 0 amide bonds. The van der Waals surface area contributed by atoms with Gasteiger partial charge in [0, 0.05) is 0 Å². The van der Waals surface area contributed by atoms with E-state index in [1.54, 1.807) is 0 Å². The normalized spacial score (nSPS) is 9.83. The third-order valence-electron chi connectivity index (χ3n) is 3.23. The maximum Gasteiger partial charge on any atom is 0.345 e. The van der Waals surface area contributed by atoms with Gasteiger partial charge in [0.25, 0.3) is 0 Å². The topological polar surface area (TPSA) is 52.6 Å². The average molecular weight is 322 g/mol. The van der Waals surface area contributed by atoms with Gasteiger partial charge in [0.15, 0.2) is 0 Å². The molecule has 0 saturated heterocycles. The fourth-order valence-electron chi connectivity index (χ4n) is 2.16. The minimum Gasteiger partial charge on any atom is -0.458 e. The van der Waals surface area contributed by atoms with Crippen LogP contribution in [0.15, 0.2) is 73.3 Å². The van der Waals surface area contributed by atoms with Crippen LogP contribution in [-0.4, -0.2) is 25.2 Å². The molecule has 0 aliphatic heterocycles. The predicted molar refractivity (Wildman–Crippen MR) is 94.2 cm³/mol. The van der Waals surface area contributed by atoms with E-state index < -0.39 is 11.9 Å². The summed E-state index contributed by atoms with van der Waals surface area (Å²) in [5.41, 5.74) is 0.559. The molecular weight excluding hydrogens is 304 g/mol. The fourth-order valence-corrected chi connectivity index (χ4v) is 2.16. The Morgan fingerprint density at radius 1 is 0.875 bits per heavy atom. The van der Waals surface area contributed by atoms with Gasteiger partial charge in [-0.05, 0) is 22.4 Å². The van der Waals surface area contributed by atoms with Gasteiger partial charge in [0.05, 0.1) is 0 Å². The maximum atomic E-state index is 12.2. The Kier molecular flexibility index (Phi) is 6.08. The number of carbonyl (C=O) groups excluding carboxylic acids is 2. The van der Waals surface area contributed by atoms with Crippen molar-refractivity contribution in [2.24, 2.45) is 0 Å². The average Bonchev–Trinajstić information content (AvgIpc) is 2.62. The number of rotatable bonds is 7. The van der Waals surface area contributed by atoms with Crippen molar-refractivity contribution in [2.75, 3.05) is 13.2 Å². The van der Waals surface area contributed by atoms with Crippen LogP contribution in [0.3, 0.4) is 0 Å². The zero-order chi connectivity index (χ0) is 17.4. The molecule has 2 rings (SSSR count). The summed E-state index contributed by atoms with van der Waals surface area (Å²) in [6.07, 6.45) is 4.35. The van der Waals surface area contributed by atoms with Gasteiger partial charge in [-0.3, -0.25) is 0 Å². The van der Waals surface area contributed by atoms with E-state index in [1.165, 1.54) is 18.2 Å². The molecule has 0 heterocycles. The van der Waals surface area contributed by atoms with Gasteiger partial charge in [-0.15, -0.1) is 0 Å². The standard InChI is InChI=1S/C20H18O4/c1-3-12-23-19(21)18(20(22)24-13-4-2)14-16-10-7-9-15-8-5-6-11-17(15)16/h3-11,14H,1-2,12-13H2.